The Balaban J connectivity index is 1.68. The first-order chi connectivity index (χ1) is 12.4. The van der Waals surface area contributed by atoms with E-state index in [1.54, 1.807) is 0 Å². The molecule has 0 amide bonds. The summed E-state index contributed by atoms with van der Waals surface area (Å²) in [5.41, 5.74) is 7.76. The fourth-order valence-corrected chi connectivity index (χ4v) is 3.33. The van der Waals surface area contributed by atoms with Crippen molar-refractivity contribution in [1.82, 2.24) is 9.78 Å². The van der Waals surface area contributed by atoms with Crippen LogP contribution >= 0.6 is 12.2 Å². The standard InChI is InChI=1S/C21H24N4S/c1-14-8-15(2)10-20(9-14)23-21(26)22-19-7-5-6-18(12-19)13-25-17(4)11-16(3)24-25/h5-12H,13H2,1-4H3,(H2,22,23,26). The van der Waals surface area contributed by atoms with Crippen LogP contribution in [0.3, 0.4) is 0 Å². The number of nitrogens with one attached hydrogen (secondary N) is 2. The smallest absolute Gasteiger partial charge is 0.175 e. The highest BCUT2D eigenvalue weighted by molar-refractivity contribution is 7.80. The fourth-order valence-electron chi connectivity index (χ4n) is 3.10. The molecule has 0 atom stereocenters. The second-order valence-electron chi connectivity index (χ2n) is 6.74. The van der Waals surface area contributed by atoms with Gasteiger partial charge < -0.3 is 10.6 Å². The molecule has 0 unspecified atom stereocenters. The van der Waals surface area contributed by atoms with E-state index in [0.29, 0.717) is 5.11 Å². The van der Waals surface area contributed by atoms with Gasteiger partial charge in [-0.1, -0.05) is 18.2 Å². The summed E-state index contributed by atoms with van der Waals surface area (Å²) in [6.07, 6.45) is 0. The Hall–Kier alpha value is -2.66. The number of benzene rings is 2. The van der Waals surface area contributed by atoms with E-state index in [-0.39, 0.29) is 0 Å². The van der Waals surface area contributed by atoms with E-state index < -0.39 is 0 Å². The van der Waals surface area contributed by atoms with Crippen molar-refractivity contribution in [2.75, 3.05) is 10.6 Å². The van der Waals surface area contributed by atoms with E-state index in [2.05, 4.69) is 72.9 Å². The molecule has 26 heavy (non-hydrogen) atoms. The van der Waals surface area contributed by atoms with Crippen molar-refractivity contribution < 1.29 is 0 Å². The van der Waals surface area contributed by atoms with Gasteiger partial charge in [-0.3, -0.25) is 4.68 Å². The Morgan fingerprint density at radius 3 is 2.27 bits per heavy atom. The molecule has 5 heteroatoms. The third-order valence-electron chi connectivity index (χ3n) is 4.10. The summed E-state index contributed by atoms with van der Waals surface area (Å²) in [6.45, 7) is 8.99. The number of aromatic nitrogens is 2. The van der Waals surface area contributed by atoms with Crippen molar-refractivity contribution in [1.29, 1.82) is 0 Å². The summed E-state index contributed by atoms with van der Waals surface area (Å²) in [4.78, 5) is 0. The van der Waals surface area contributed by atoms with Crippen molar-refractivity contribution >= 4 is 28.7 Å². The number of hydrogen-bond acceptors (Lipinski definition) is 2. The molecule has 0 aliphatic carbocycles. The van der Waals surface area contributed by atoms with Gasteiger partial charge in [0.2, 0.25) is 0 Å². The van der Waals surface area contributed by atoms with Crippen LogP contribution in [0.25, 0.3) is 0 Å². The minimum absolute atomic E-state index is 0.582. The summed E-state index contributed by atoms with van der Waals surface area (Å²) in [5.74, 6) is 0. The molecular weight excluding hydrogens is 340 g/mol. The van der Waals surface area contributed by atoms with E-state index in [1.807, 2.05) is 23.7 Å². The molecule has 0 radical (unpaired) electrons. The molecule has 0 aliphatic heterocycles. The highest BCUT2D eigenvalue weighted by Crippen LogP contribution is 2.16. The van der Waals surface area contributed by atoms with Gasteiger partial charge in [-0.15, -0.1) is 0 Å². The lowest BCUT2D eigenvalue weighted by atomic mass is 10.1. The molecule has 0 bridgehead atoms. The third-order valence-corrected chi connectivity index (χ3v) is 4.30. The molecule has 3 aromatic rings. The van der Waals surface area contributed by atoms with Gasteiger partial charge in [0.15, 0.2) is 5.11 Å². The molecule has 0 saturated heterocycles. The number of aryl methyl sites for hydroxylation is 4. The van der Waals surface area contributed by atoms with Crippen LogP contribution in [0.5, 0.6) is 0 Å². The van der Waals surface area contributed by atoms with Gasteiger partial charge in [-0.25, -0.2) is 0 Å². The number of rotatable bonds is 4. The molecule has 2 aromatic carbocycles. The Kier molecular flexibility index (Phi) is 5.38. The maximum atomic E-state index is 5.46. The summed E-state index contributed by atoms with van der Waals surface area (Å²) in [7, 11) is 0. The van der Waals surface area contributed by atoms with Gasteiger partial charge in [0.25, 0.3) is 0 Å². The highest BCUT2D eigenvalue weighted by Gasteiger charge is 2.05. The van der Waals surface area contributed by atoms with Crippen LogP contribution in [0.2, 0.25) is 0 Å². The Labute approximate surface area is 160 Å². The SMILES string of the molecule is Cc1cc(C)cc(NC(=S)Nc2cccc(Cn3nc(C)cc3C)c2)c1. The van der Waals surface area contributed by atoms with Crippen molar-refractivity contribution in [3.63, 3.8) is 0 Å². The zero-order valence-electron chi connectivity index (χ0n) is 15.6. The largest absolute Gasteiger partial charge is 0.332 e. The fraction of sp³-hybridized carbons (Fsp3) is 0.238. The van der Waals surface area contributed by atoms with E-state index in [1.165, 1.54) is 16.7 Å². The summed E-state index contributed by atoms with van der Waals surface area (Å²) in [5, 5.41) is 11.6. The Bertz CT molecular complexity index is 923. The highest BCUT2D eigenvalue weighted by atomic mass is 32.1. The van der Waals surface area contributed by atoms with Crippen LogP contribution in [-0.2, 0) is 6.54 Å². The molecule has 0 fully saturated rings. The lowest BCUT2D eigenvalue weighted by molar-refractivity contribution is 0.659. The Morgan fingerprint density at radius 2 is 1.62 bits per heavy atom. The molecule has 3 rings (SSSR count). The first kappa shape index (κ1) is 18.1. The molecule has 0 aliphatic rings. The second kappa shape index (κ2) is 7.70. The zero-order valence-corrected chi connectivity index (χ0v) is 16.4. The first-order valence-electron chi connectivity index (χ1n) is 8.65. The molecule has 134 valence electrons. The average Bonchev–Trinajstić information content (AvgIpc) is 2.84. The number of nitrogens with zero attached hydrogens (tertiary/aromatic N) is 2. The predicted molar refractivity (Wildman–Crippen MR) is 113 cm³/mol. The third kappa shape index (κ3) is 4.70. The quantitative estimate of drug-likeness (QED) is 0.641. The van der Waals surface area contributed by atoms with Crippen molar-refractivity contribution in [3.05, 3.63) is 76.6 Å². The Morgan fingerprint density at radius 1 is 0.923 bits per heavy atom. The van der Waals surface area contributed by atoms with Gasteiger partial charge in [0.05, 0.1) is 12.2 Å². The van der Waals surface area contributed by atoms with Crippen molar-refractivity contribution in [3.8, 4) is 0 Å². The van der Waals surface area contributed by atoms with E-state index in [0.717, 1.165) is 29.3 Å². The van der Waals surface area contributed by atoms with Gasteiger partial charge in [-0.05, 0) is 86.9 Å². The van der Waals surface area contributed by atoms with E-state index >= 15 is 0 Å². The normalized spacial score (nSPS) is 10.6. The molecule has 0 spiro atoms. The van der Waals surface area contributed by atoms with Crippen LogP contribution in [-0.4, -0.2) is 14.9 Å². The van der Waals surface area contributed by atoms with E-state index in [9.17, 15) is 0 Å². The van der Waals surface area contributed by atoms with Crippen LogP contribution in [0, 0.1) is 27.7 Å². The van der Waals surface area contributed by atoms with Crippen LogP contribution in [0.15, 0.2) is 48.5 Å². The molecule has 2 N–H and O–H groups in total. The average molecular weight is 365 g/mol. The summed E-state index contributed by atoms with van der Waals surface area (Å²) < 4.78 is 2.01. The van der Waals surface area contributed by atoms with Crippen LogP contribution in [0.4, 0.5) is 11.4 Å². The van der Waals surface area contributed by atoms with E-state index in [4.69, 9.17) is 12.2 Å². The molecular formula is C21H24N4S. The molecule has 0 saturated carbocycles. The first-order valence-corrected chi connectivity index (χ1v) is 9.06. The monoisotopic (exact) mass is 364 g/mol. The predicted octanol–water partition coefficient (Wildman–Crippen LogP) is 4.97. The van der Waals surface area contributed by atoms with Crippen molar-refractivity contribution in [2.24, 2.45) is 0 Å². The van der Waals surface area contributed by atoms with Crippen LogP contribution < -0.4 is 10.6 Å². The molecule has 1 heterocycles. The number of anilines is 2. The minimum Gasteiger partial charge on any atom is -0.332 e. The lowest BCUT2D eigenvalue weighted by Crippen LogP contribution is -2.19. The second-order valence-corrected chi connectivity index (χ2v) is 7.15. The van der Waals surface area contributed by atoms with Gasteiger partial charge in [0, 0.05) is 17.1 Å². The molecule has 1 aromatic heterocycles. The topological polar surface area (TPSA) is 41.9 Å². The minimum atomic E-state index is 0.582. The molecule has 4 nitrogen and oxygen atoms in total. The van der Waals surface area contributed by atoms with Crippen LogP contribution in [0.1, 0.15) is 28.1 Å². The summed E-state index contributed by atoms with van der Waals surface area (Å²) >= 11 is 5.46. The van der Waals surface area contributed by atoms with Gasteiger partial charge in [0.1, 0.15) is 0 Å². The van der Waals surface area contributed by atoms with Gasteiger partial charge >= 0.3 is 0 Å². The lowest BCUT2D eigenvalue weighted by Gasteiger charge is -2.13. The number of thiocarbonyl (C=S) groups is 1. The maximum Gasteiger partial charge on any atom is 0.175 e. The van der Waals surface area contributed by atoms with Gasteiger partial charge in [-0.2, -0.15) is 5.10 Å². The zero-order chi connectivity index (χ0) is 18.7. The maximum absolute atomic E-state index is 5.46. The van der Waals surface area contributed by atoms with Crippen molar-refractivity contribution in [2.45, 2.75) is 34.2 Å². The number of hydrogen-bond donors (Lipinski definition) is 2. The summed E-state index contributed by atoms with van der Waals surface area (Å²) in [6, 6.07) is 16.6.